The first kappa shape index (κ1) is 21.8. The highest BCUT2D eigenvalue weighted by atomic mass is 79.9. The van der Waals surface area contributed by atoms with Crippen molar-refractivity contribution in [3.63, 3.8) is 0 Å². The van der Waals surface area contributed by atoms with E-state index in [0.29, 0.717) is 6.54 Å². The SMILES string of the molecule is CCBr.CCNCc1ccc(C)cc1.Cc1ccc(CN)cc1. The summed E-state index contributed by atoms with van der Waals surface area (Å²) in [4.78, 5) is 0. The maximum absolute atomic E-state index is 5.40. The molecule has 0 radical (unpaired) electrons. The van der Waals surface area contributed by atoms with Crippen molar-refractivity contribution in [3.05, 3.63) is 70.8 Å². The van der Waals surface area contributed by atoms with Gasteiger partial charge in [0.1, 0.15) is 0 Å². The van der Waals surface area contributed by atoms with Gasteiger partial charge in [0.25, 0.3) is 0 Å². The summed E-state index contributed by atoms with van der Waals surface area (Å²) in [5.41, 5.74) is 10.6. The van der Waals surface area contributed by atoms with Gasteiger partial charge in [0, 0.05) is 18.4 Å². The van der Waals surface area contributed by atoms with Crippen LogP contribution in [-0.4, -0.2) is 11.9 Å². The smallest absolute Gasteiger partial charge is 0.0205 e. The molecule has 0 aromatic heterocycles. The molecule has 0 heterocycles. The number of benzene rings is 2. The first-order valence-corrected chi connectivity index (χ1v) is 9.27. The molecule has 0 aliphatic rings. The predicted octanol–water partition coefficient (Wildman–Crippen LogP) is 4.96. The normalized spacial score (nSPS) is 9.30. The Morgan fingerprint density at radius 2 is 1.22 bits per heavy atom. The number of nitrogens with two attached hydrogens (primary N) is 1. The van der Waals surface area contributed by atoms with Crippen LogP contribution in [0, 0.1) is 13.8 Å². The van der Waals surface area contributed by atoms with Crippen molar-refractivity contribution in [1.29, 1.82) is 0 Å². The van der Waals surface area contributed by atoms with Gasteiger partial charge in [-0.15, -0.1) is 0 Å². The third kappa shape index (κ3) is 12.0. The fourth-order valence-corrected chi connectivity index (χ4v) is 1.70. The van der Waals surface area contributed by atoms with E-state index >= 15 is 0 Å². The molecule has 0 saturated heterocycles. The lowest BCUT2D eigenvalue weighted by Crippen LogP contribution is -2.11. The highest BCUT2D eigenvalue weighted by Gasteiger charge is 1.89. The van der Waals surface area contributed by atoms with E-state index in [0.717, 1.165) is 18.4 Å². The second kappa shape index (κ2) is 14.4. The van der Waals surface area contributed by atoms with E-state index in [1.54, 1.807) is 0 Å². The zero-order chi connectivity index (χ0) is 17.5. The molecular formula is C20H31BrN2. The summed E-state index contributed by atoms with van der Waals surface area (Å²) >= 11 is 3.15. The van der Waals surface area contributed by atoms with Crippen molar-refractivity contribution in [2.45, 2.75) is 40.8 Å². The van der Waals surface area contributed by atoms with Crippen LogP contribution in [0.25, 0.3) is 0 Å². The second-order valence-electron chi connectivity index (χ2n) is 5.22. The monoisotopic (exact) mass is 378 g/mol. The number of nitrogens with one attached hydrogen (secondary N) is 1. The topological polar surface area (TPSA) is 38.0 Å². The van der Waals surface area contributed by atoms with Crippen LogP contribution >= 0.6 is 15.9 Å². The van der Waals surface area contributed by atoms with Crippen molar-refractivity contribution in [2.24, 2.45) is 5.73 Å². The zero-order valence-electron chi connectivity index (χ0n) is 14.9. The van der Waals surface area contributed by atoms with Crippen molar-refractivity contribution in [2.75, 3.05) is 11.9 Å². The fourth-order valence-electron chi connectivity index (χ4n) is 1.70. The molecule has 0 atom stereocenters. The summed E-state index contributed by atoms with van der Waals surface area (Å²) in [6, 6.07) is 16.9. The van der Waals surface area contributed by atoms with Crippen molar-refractivity contribution in [1.82, 2.24) is 5.32 Å². The quantitative estimate of drug-likeness (QED) is 0.737. The van der Waals surface area contributed by atoms with E-state index in [9.17, 15) is 0 Å². The minimum Gasteiger partial charge on any atom is -0.326 e. The molecule has 128 valence electrons. The van der Waals surface area contributed by atoms with Crippen molar-refractivity contribution < 1.29 is 0 Å². The van der Waals surface area contributed by atoms with Crippen LogP contribution in [0.4, 0.5) is 0 Å². The lowest BCUT2D eigenvalue weighted by Gasteiger charge is -2.01. The van der Waals surface area contributed by atoms with Crippen LogP contribution in [0.5, 0.6) is 0 Å². The summed E-state index contributed by atoms with van der Waals surface area (Å²) in [7, 11) is 0. The van der Waals surface area contributed by atoms with Gasteiger partial charge in [-0.1, -0.05) is 89.4 Å². The molecule has 0 aliphatic carbocycles. The number of halogens is 1. The first-order chi connectivity index (χ1) is 11.1. The molecule has 3 heteroatoms. The molecule has 3 N–H and O–H groups in total. The summed E-state index contributed by atoms with van der Waals surface area (Å²) in [5, 5.41) is 4.35. The Labute approximate surface area is 150 Å². The molecule has 2 nitrogen and oxygen atoms in total. The molecule has 0 amide bonds. The molecular weight excluding hydrogens is 348 g/mol. The number of alkyl halides is 1. The lowest BCUT2D eigenvalue weighted by molar-refractivity contribution is 0.727. The number of aryl methyl sites for hydroxylation is 2. The zero-order valence-corrected chi connectivity index (χ0v) is 16.5. The van der Waals surface area contributed by atoms with E-state index in [2.05, 4.69) is 90.5 Å². The van der Waals surface area contributed by atoms with Gasteiger partial charge in [-0.05, 0) is 31.5 Å². The van der Waals surface area contributed by atoms with Crippen molar-refractivity contribution in [3.8, 4) is 0 Å². The summed E-state index contributed by atoms with van der Waals surface area (Å²) in [5.74, 6) is 0. The highest BCUT2D eigenvalue weighted by Crippen LogP contribution is 2.02. The maximum atomic E-state index is 5.40. The van der Waals surface area contributed by atoms with Gasteiger partial charge in [-0.25, -0.2) is 0 Å². The Kier molecular flexibility index (Phi) is 13.7. The minimum atomic E-state index is 0.639. The van der Waals surface area contributed by atoms with Gasteiger partial charge >= 0.3 is 0 Å². The Balaban J connectivity index is 0.000000365. The molecule has 0 spiro atoms. The van der Waals surface area contributed by atoms with E-state index in [4.69, 9.17) is 5.73 Å². The van der Waals surface area contributed by atoms with Gasteiger partial charge in [-0.2, -0.15) is 0 Å². The number of hydrogen-bond donors (Lipinski definition) is 2. The summed E-state index contributed by atoms with van der Waals surface area (Å²) in [6.07, 6.45) is 0. The Morgan fingerprint density at radius 1 is 0.826 bits per heavy atom. The van der Waals surface area contributed by atoms with Gasteiger partial charge in [0.05, 0.1) is 0 Å². The molecule has 0 fully saturated rings. The average Bonchev–Trinajstić information content (AvgIpc) is 2.56. The van der Waals surface area contributed by atoms with Crippen LogP contribution in [0.1, 0.15) is 36.1 Å². The largest absolute Gasteiger partial charge is 0.326 e. The third-order valence-electron chi connectivity index (χ3n) is 3.06. The molecule has 0 aliphatic heterocycles. The van der Waals surface area contributed by atoms with E-state index in [1.807, 2.05) is 6.92 Å². The van der Waals surface area contributed by atoms with E-state index in [-0.39, 0.29) is 0 Å². The highest BCUT2D eigenvalue weighted by molar-refractivity contribution is 9.09. The van der Waals surface area contributed by atoms with E-state index < -0.39 is 0 Å². The Bertz CT molecular complexity index is 492. The fraction of sp³-hybridized carbons (Fsp3) is 0.400. The maximum Gasteiger partial charge on any atom is 0.0205 e. The summed E-state index contributed by atoms with van der Waals surface area (Å²) < 4.78 is 0. The standard InChI is InChI=1S/C10H15N.C8H11N.C2H5Br/c1-3-11-8-10-6-4-9(2)5-7-10;1-7-2-4-8(6-9)5-3-7;1-2-3/h4-7,11H,3,8H2,1-2H3;2-5H,6,9H2,1H3;2H2,1H3. The number of rotatable bonds is 4. The Hall–Kier alpha value is -1.16. The third-order valence-corrected chi connectivity index (χ3v) is 3.06. The molecule has 0 saturated carbocycles. The van der Waals surface area contributed by atoms with Crippen LogP contribution < -0.4 is 11.1 Å². The molecule has 0 bridgehead atoms. The minimum absolute atomic E-state index is 0.639. The average molecular weight is 379 g/mol. The predicted molar refractivity (Wildman–Crippen MR) is 107 cm³/mol. The van der Waals surface area contributed by atoms with Crippen LogP contribution in [-0.2, 0) is 13.1 Å². The van der Waals surface area contributed by atoms with Gasteiger partial charge in [-0.3, -0.25) is 0 Å². The van der Waals surface area contributed by atoms with E-state index in [1.165, 1.54) is 22.3 Å². The van der Waals surface area contributed by atoms with Gasteiger partial charge in [0.15, 0.2) is 0 Å². The molecule has 2 rings (SSSR count). The van der Waals surface area contributed by atoms with Crippen LogP contribution in [0.3, 0.4) is 0 Å². The molecule has 23 heavy (non-hydrogen) atoms. The molecule has 2 aromatic carbocycles. The van der Waals surface area contributed by atoms with Crippen LogP contribution in [0.2, 0.25) is 0 Å². The van der Waals surface area contributed by atoms with Crippen LogP contribution in [0.15, 0.2) is 48.5 Å². The van der Waals surface area contributed by atoms with Crippen molar-refractivity contribution >= 4 is 15.9 Å². The molecule has 0 unspecified atom stereocenters. The van der Waals surface area contributed by atoms with Gasteiger partial charge in [0.2, 0.25) is 0 Å². The van der Waals surface area contributed by atoms with Gasteiger partial charge < -0.3 is 11.1 Å². The summed E-state index contributed by atoms with van der Waals surface area (Å²) in [6.45, 7) is 11.0. The Morgan fingerprint density at radius 3 is 1.57 bits per heavy atom. The first-order valence-electron chi connectivity index (χ1n) is 8.15. The number of hydrogen-bond acceptors (Lipinski definition) is 2. The second-order valence-corrected chi connectivity index (χ2v) is 6.34. The lowest BCUT2D eigenvalue weighted by atomic mass is 10.1. The molecule has 2 aromatic rings.